The van der Waals surface area contributed by atoms with Crippen LogP contribution >= 0.6 is 0 Å². The van der Waals surface area contributed by atoms with Crippen molar-refractivity contribution in [1.29, 1.82) is 0 Å². The fraction of sp³-hybridized carbons (Fsp3) is 0.667. The Labute approximate surface area is 35.3 Å². The van der Waals surface area contributed by atoms with E-state index in [9.17, 15) is 0 Å². The maximum atomic E-state index is 8.36. The van der Waals surface area contributed by atoms with Crippen LogP contribution in [0.25, 0.3) is 0 Å². The van der Waals surface area contributed by atoms with Crippen molar-refractivity contribution in [1.82, 2.24) is 0 Å². The monoisotopic (exact) mass is 87.0 g/mol. The number of aliphatic imine (C=N–C) groups is 1. The van der Waals surface area contributed by atoms with Gasteiger partial charge in [0, 0.05) is 0 Å². The molecule has 6 heavy (non-hydrogen) atoms. The van der Waals surface area contributed by atoms with Gasteiger partial charge in [0.2, 0.25) is 0 Å². The van der Waals surface area contributed by atoms with Gasteiger partial charge in [-0.1, -0.05) is 0 Å². The van der Waals surface area contributed by atoms with Crippen LogP contribution < -0.4 is 0 Å². The van der Waals surface area contributed by atoms with E-state index in [1.54, 1.807) is 0 Å². The Morgan fingerprint density at radius 3 is 3.00 bits per heavy atom. The lowest BCUT2D eigenvalue weighted by Gasteiger charge is -1.90. The van der Waals surface area contributed by atoms with Crippen molar-refractivity contribution in [3.05, 3.63) is 0 Å². The first kappa shape index (κ1) is 3.77. The van der Waals surface area contributed by atoms with E-state index in [1.165, 1.54) is 6.21 Å². The Balaban J connectivity index is 2.38. The summed E-state index contributed by atoms with van der Waals surface area (Å²) in [6, 6.07) is 0. The summed E-state index contributed by atoms with van der Waals surface area (Å²) >= 11 is 0. The average Bonchev–Trinajstić information content (AvgIpc) is 1.86. The summed E-state index contributed by atoms with van der Waals surface area (Å²) in [7, 11) is 0. The van der Waals surface area contributed by atoms with E-state index in [-0.39, 0.29) is 0 Å². The van der Waals surface area contributed by atoms with E-state index in [2.05, 4.69) is 9.73 Å². The van der Waals surface area contributed by atoms with Crippen LogP contribution in [-0.2, 0) is 4.74 Å². The Kier molecular flexibility index (Phi) is 0.856. The summed E-state index contributed by atoms with van der Waals surface area (Å²) in [6.45, 7) is 0.307. The normalized spacial score (nSPS) is 31.8. The molecule has 1 aliphatic heterocycles. The number of hydrogen-bond acceptors (Lipinski definition) is 3. The highest BCUT2D eigenvalue weighted by Gasteiger charge is 2.01. The zero-order chi connectivity index (χ0) is 4.41. The Morgan fingerprint density at radius 1 is 2.00 bits per heavy atom. The summed E-state index contributed by atoms with van der Waals surface area (Å²) in [5, 5.41) is 8.36. The molecule has 3 nitrogen and oxygen atoms in total. The van der Waals surface area contributed by atoms with Crippen molar-refractivity contribution in [2.75, 3.05) is 6.73 Å². The van der Waals surface area contributed by atoms with Gasteiger partial charge in [-0.3, -0.25) is 4.99 Å². The molecule has 0 spiro atoms. The van der Waals surface area contributed by atoms with Crippen LogP contribution in [0.3, 0.4) is 0 Å². The number of aliphatic hydroxyl groups excluding tert-OH is 1. The van der Waals surface area contributed by atoms with Gasteiger partial charge in [0.1, 0.15) is 6.73 Å². The molecule has 34 valence electrons. The van der Waals surface area contributed by atoms with Crippen LogP contribution in [0.2, 0.25) is 0 Å². The third-order valence-corrected chi connectivity index (χ3v) is 0.553. The topological polar surface area (TPSA) is 41.8 Å². The molecule has 0 fully saturated rings. The van der Waals surface area contributed by atoms with Crippen LogP contribution in [0.5, 0.6) is 0 Å². The van der Waals surface area contributed by atoms with Crippen LogP contribution in [0, 0.1) is 0 Å². The second-order valence-electron chi connectivity index (χ2n) is 1.02. The van der Waals surface area contributed by atoms with Gasteiger partial charge >= 0.3 is 0 Å². The van der Waals surface area contributed by atoms with E-state index < -0.39 is 6.29 Å². The van der Waals surface area contributed by atoms with Crippen LogP contribution in [0.15, 0.2) is 4.99 Å². The van der Waals surface area contributed by atoms with Crippen molar-refractivity contribution < 1.29 is 9.84 Å². The highest BCUT2D eigenvalue weighted by Crippen LogP contribution is 1.89. The summed E-state index contributed by atoms with van der Waals surface area (Å²) < 4.78 is 4.49. The SMILES string of the molecule is OC1C=NCO1. The van der Waals surface area contributed by atoms with Crippen molar-refractivity contribution in [2.45, 2.75) is 6.29 Å². The predicted octanol–water partition coefficient (Wildman–Crippen LogP) is -0.637. The quantitative estimate of drug-likeness (QED) is 0.427. The molecule has 0 aliphatic carbocycles. The summed E-state index contributed by atoms with van der Waals surface area (Å²) in [5.41, 5.74) is 0. The lowest BCUT2D eigenvalue weighted by molar-refractivity contribution is -0.0277. The number of rotatable bonds is 0. The van der Waals surface area contributed by atoms with Crippen molar-refractivity contribution in [3.63, 3.8) is 0 Å². The van der Waals surface area contributed by atoms with Gasteiger partial charge in [0.25, 0.3) is 0 Å². The van der Waals surface area contributed by atoms with E-state index in [4.69, 9.17) is 5.11 Å². The number of nitrogens with zero attached hydrogens (tertiary/aromatic N) is 1. The van der Waals surface area contributed by atoms with Gasteiger partial charge in [-0.25, -0.2) is 0 Å². The van der Waals surface area contributed by atoms with Gasteiger partial charge in [-0.15, -0.1) is 0 Å². The van der Waals surface area contributed by atoms with Gasteiger partial charge in [0.05, 0.1) is 6.21 Å². The summed E-state index contributed by atoms with van der Waals surface area (Å²) in [6.07, 6.45) is 0.616. The fourth-order valence-corrected chi connectivity index (χ4v) is 0.296. The van der Waals surface area contributed by atoms with Crippen LogP contribution in [0.1, 0.15) is 0 Å². The molecular formula is C3H5NO2. The maximum absolute atomic E-state index is 8.36. The zero-order valence-electron chi connectivity index (χ0n) is 3.16. The molecule has 0 saturated carbocycles. The lowest BCUT2D eigenvalue weighted by Crippen LogP contribution is -2.04. The van der Waals surface area contributed by atoms with Gasteiger partial charge in [0.15, 0.2) is 6.29 Å². The third kappa shape index (κ3) is 0.555. The minimum atomic E-state index is -0.745. The zero-order valence-corrected chi connectivity index (χ0v) is 3.16. The highest BCUT2D eigenvalue weighted by molar-refractivity contribution is 5.61. The average molecular weight is 87.1 g/mol. The minimum Gasteiger partial charge on any atom is -0.363 e. The molecule has 3 heteroatoms. The van der Waals surface area contributed by atoms with Crippen molar-refractivity contribution in [3.8, 4) is 0 Å². The van der Waals surface area contributed by atoms with E-state index in [0.717, 1.165) is 0 Å². The highest BCUT2D eigenvalue weighted by atomic mass is 16.6. The Morgan fingerprint density at radius 2 is 2.83 bits per heavy atom. The maximum Gasteiger partial charge on any atom is 0.193 e. The molecular weight excluding hydrogens is 82.0 g/mol. The molecule has 1 unspecified atom stereocenters. The smallest absolute Gasteiger partial charge is 0.193 e. The standard InChI is InChI=1S/C3H5NO2/c5-3-1-4-2-6-3/h1,3,5H,2H2. The first-order chi connectivity index (χ1) is 2.89. The second kappa shape index (κ2) is 1.36. The molecule has 0 aromatic carbocycles. The molecule has 0 radical (unpaired) electrons. The molecule has 0 aromatic heterocycles. The largest absolute Gasteiger partial charge is 0.363 e. The number of hydrogen-bond donors (Lipinski definition) is 1. The Hall–Kier alpha value is -0.410. The molecule has 0 aromatic rings. The number of ether oxygens (including phenoxy) is 1. The minimum absolute atomic E-state index is 0.307. The van der Waals surface area contributed by atoms with E-state index in [0.29, 0.717) is 6.73 Å². The first-order valence-electron chi connectivity index (χ1n) is 1.69. The van der Waals surface area contributed by atoms with Crippen LogP contribution in [-0.4, -0.2) is 24.3 Å². The fourth-order valence-electron chi connectivity index (χ4n) is 0.296. The molecule has 0 bridgehead atoms. The summed E-state index contributed by atoms with van der Waals surface area (Å²) in [5.74, 6) is 0. The molecule has 0 saturated heterocycles. The third-order valence-electron chi connectivity index (χ3n) is 0.553. The molecule has 1 aliphatic rings. The second-order valence-corrected chi connectivity index (χ2v) is 1.02. The van der Waals surface area contributed by atoms with Gasteiger partial charge in [-0.2, -0.15) is 0 Å². The Bertz CT molecular complexity index is 71.2. The van der Waals surface area contributed by atoms with Crippen molar-refractivity contribution >= 4 is 6.21 Å². The molecule has 1 atom stereocenters. The van der Waals surface area contributed by atoms with E-state index in [1.807, 2.05) is 0 Å². The van der Waals surface area contributed by atoms with E-state index >= 15 is 0 Å². The van der Waals surface area contributed by atoms with Crippen LogP contribution in [0.4, 0.5) is 0 Å². The van der Waals surface area contributed by atoms with Gasteiger partial charge < -0.3 is 9.84 Å². The molecule has 1 rings (SSSR count). The predicted molar refractivity (Wildman–Crippen MR) is 20.5 cm³/mol. The molecule has 1 N–H and O–H groups in total. The molecule has 0 amide bonds. The first-order valence-corrected chi connectivity index (χ1v) is 1.69. The van der Waals surface area contributed by atoms with Crippen molar-refractivity contribution in [2.24, 2.45) is 4.99 Å². The van der Waals surface area contributed by atoms with Gasteiger partial charge in [-0.05, 0) is 0 Å². The molecule has 1 heterocycles. The number of aliphatic hydroxyl groups is 1. The lowest BCUT2D eigenvalue weighted by atomic mass is 10.7. The summed E-state index contributed by atoms with van der Waals surface area (Å²) in [4.78, 5) is 3.57.